The maximum absolute atomic E-state index is 11.7. The number of likely N-dealkylation sites (N-methyl/N-ethyl adjacent to an activating group) is 1. The zero-order valence-electron chi connectivity index (χ0n) is 12.8. The lowest BCUT2D eigenvalue weighted by molar-refractivity contribution is -0.131. The summed E-state index contributed by atoms with van der Waals surface area (Å²) in [6, 6.07) is 7.70. The number of hydrogen-bond acceptors (Lipinski definition) is 5. The molecule has 0 unspecified atom stereocenters. The van der Waals surface area contributed by atoms with Crippen LogP contribution >= 0.6 is 0 Å². The Bertz CT molecular complexity index is 662. The molecule has 0 fully saturated rings. The molecule has 1 N–H and O–H groups in total. The number of rotatable bonds is 5. The monoisotopic (exact) mass is 302 g/mol. The van der Waals surface area contributed by atoms with Crippen LogP contribution in [-0.4, -0.2) is 57.6 Å². The quantitative estimate of drug-likeness (QED) is 0.829. The lowest BCUT2D eigenvalue weighted by Crippen LogP contribution is -2.38. The fourth-order valence-corrected chi connectivity index (χ4v) is 1.65. The Morgan fingerprint density at radius 1 is 1.23 bits per heavy atom. The molecule has 2 amide bonds. The van der Waals surface area contributed by atoms with Crippen LogP contribution in [0.25, 0.3) is 11.4 Å². The van der Waals surface area contributed by atoms with E-state index in [1.807, 2.05) is 31.2 Å². The number of aryl methyl sites for hydroxylation is 1. The molecule has 0 radical (unpaired) electrons. The van der Waals surface area contributed by atoms with Crippen molar-refractivity contribution in [3.8, 4) is 11.4 Å². The second-order valence-corrected chi connectivity index (χ2v) is 5.07. The van der Waals surface area contributed by atoms with Crippen LogP contribution in [0.15, 0.2) is 24.3 Å². The van der Waals surface area contributed by atoms with Crippen LogP contribution in [0.4, 0.5) is 0 Å². The normalized spacial score (nSPS) is 10.3. The van der Waals surface area contributed by atoms with E-state index in [1.165, 1.54) is 9.70 Å². The van der Waals surface area contributed by atoms with E-state index in [2.05, 4.69) is 20.7 Å². The van der Waals surface area contributed by atoms with Crippen LogP contribution in [0, 0.1) is 6.92 Å². The molecule has 22 heavy (non-hydrogen) atoms. The molecule has 2 aromatic rings. The van der Waals surface area contributed by atoms with Crippen molar-refractivity contribution in [2.45, 2.75) is 13.5 Å². The zero-order chi connectivity index (χ0) is 16.1. The van der Waals surface area contributed by atoms with E-state index in [9.17, 15) is 9.59 Å². The van der Waals surface area contributed by atoms with Crippen molar-refractivity contribution in [1.29, 1.82) is 0 Å². The second-order valence-electron chi connectivity index (χ2n) is 5.07. The van der Waals surface area contributed by atoms with Crippen LogP contribution in [0.5, 0.6) is 0 Å². The summed E-state index contributed by atoms with van der Waals surface area (Å²) in [4.78, 5) is 25.7. The summed E-state index contributed by atoms with van der Waals surface area (Å²) in [5.41, 5.74) is 1.97. The highest BCUT2D eigenvalue weighted by atomic mass is 16.2. The SMILES string of the molecule is Cc1ccc(-c2nnn(CC(=O)NCC(=O)N(C)C)n2)cc1. The number of nitrogens with one attached hydrogen (secondary N) is 1. The minimum Gasteiger partial charge on any atom is -0.347 e. The molecule has 8 heteroatoms. The number of carbonyl (C=O) groups is 2. The number of aromatic nitrogens is 4. The fourth-order valence-electron chi connectivity index (χ4n) is 1.65. The van der Waals surface area contributed by atoms with Crippen LogP contribution in [-0.2, 0) is 16.1 Å². The summed E-state index contributed by atoms with van der Waals surface area (Å²) < 4.78 is 0. The molecule has 2 rings (SSSR count). The average molecular weight is 302 g/mol. The first-order valence-corrected chi connectivity index (χ1v) is 6.77. The smallest absolute Gasteiger partial charge is 0.244 e. The topological polar surface area (TPSA) is 93.0 Å². The molecule has 0 saturated carbocycles. The average Bonchev–Trinajstić information content (AvgIpc) is 2.93. The van der Waals surface area contributed by atoms with Crippen LogP contribution < -0.4 is 5.32 Å². The van der Waals surface area contributed by atoms with Gasteiger partial charge in [-0.3, -0.25) is 9.59 Å². The Morgan fingerprint density at radius 2 is 1.91 bits per heavy atom. The minimum absolute atomic E-state index is 0.0502. The van der Waals surface area contributed by atoms with Gasteiger partial charge in [-0.25, -0.2) is 0 Å². The van der Waals surface area contributed by atoms with Gasteiger partial charge in [-0.15, -0.1) is 10.2 Å². The molecule has 1 heterocycles. The number of amides is 2. The summed E-state index contributed by atoms with van der Waals surface area (Å²) in [5.74, 6) is -0.0690. The van der Waals surface area contributed by atoms with Gasteiger partial charge in [0.1, 0.15) is 6.54 Å². The minimum atomic E-state index is -0.344. The Labute approximate surface area is 128 Å². The number of tetrazole rings is 1. The largest absolute Gasteiger partial charge is 0.347 e. The molecular weight excluding hydrogens is 284 g/mol. The van der Waals surface area contributed by atoms with E-state index in [0.29, 0.717) is 5.82 Å². The van der Waals surface area contributed by atoms with Crippen molar-refractivity contribution in [3.05, 3.63) is 29.8 Å². The predicted molar refractivity (Wildman–Crippen MR) is 79.7 cm³/mol. The van der Waals surface area contributed by atoms with Crippen molar-refractivity contribution < 1.29 is 9.59 Å². The Kier molecular flexibility index (Phi) is 4.82. The summed E-state index contributed by atoms with van der Waals surface area (Å²) in [6.07, 6.45) is 0. The molecule has 0 spiro atoms. The fraction of sp³-hybridized carbons (Fsp3) is 0.357. The van der Waals surface area contributed by atoms with Gasteiger partial charge in [0.15, 0.2) is 0 Å². The molecule has 0 atom stereocenters. The Hall–Kier alpha value is -2.77. The lowest BCUT2D eigenvalue weighted by atomic mass is 10.1. The number of benzene rings is 1. The first kappa shape index (κ1) is 15.6. The van der Waals surface area contributed by atoms with E-state index in [0.717, 1.165) is 11.1 Å². The van der Waals surface area contributed by atoms with Crippen LogP contribution in [0.1, 0.15) is 5.56 Å². The van der Waals surface area contributed by atoms with Crippen molar-refractivity contribution in [2.75, 3.05) is 20.6 Å². The second kappa shape index (κ2) is 6.79. The number of nitrogens with zero attached hydrogens (tertiary/aromatic N) is 5. The van der Waals surface area contributed by atoms with Crippen molar-refractivity contribution in [3.63, 3.8) is 0 Å². The maximum atomic E-state index is 11.7. The van der Waals surface area contributed by atoms with Gasteiger partial charge >= 0.3 is 0 Å². The first-order valence-electron chi connectivity index (χ1n) is 6.77. The summed E-state index contributed by atoms with van der Waals surface area (Å²) in [6.45, 7) is 1.86. The Morgan fingerprint density at radius 3 is 2.55 bits per heavy atom. The van der Waals surface area contributed by atoms with Gasteiger partial charge in [0, 0.05) is 19.7 Å². The third-order valence-corrected chi connectivity index (χ3v) is 2.98. The van der Waals surface area contributed by atoms with E-state index in [-0.39, 0.29) is 24.9 Å². The zero-order valence-corrected chi connectivity index (χ0v) is 12.8. The Balaban J connectivity index is 1.93. The summed E-state index contributed by atoms with van der Waals surface area (Å²) in [5, 5.41) is 14.4. The van der Waals surface area contributed by atoms with E-state index in [1.54, 1.807) is 14.1 Å². The molecule has 0 aliphatic heterocycles. The predicted octanol–water partition coefficient (Wildman–Crippen LogP) is -0.147. The van der Waals surface area contributed by atoms with E-state index in [4.69, 9.17) is 0 Å². The molecule has 8 nitrogen and oxygen atoms in total. The molecule has 1 aromatic heterocycles. The van der Waals surface area contributed by atoms with Crippen LogP contribution in [0.2, 0.25) is 0 Å². The van der Waals surface area contributed by atoms with Gasteiger partial charge in [-0.05, 0) is 12.1 Å². The van der Waals surface area contributed by atoms with E-state index >= 15 is 0 Å². The van der Waals surface area contributed by atoms with Gasteiger partial charge in [0.05, 0.1) is 6.54 Å². The molecule has 1 aromatic carbocycles. The summed E-state index contributed by atoms with van der Waals surface area (Å²) >= 11 is 0. The molecule has 0 aliphatic carbocycles. The van der Waals surface area contributed by atoms with Gasteiger partial charge in [0.25, 0.3) is 0 Å². The molecule has 116 valence electrons. The molecule has 0 aliphatic rings. The highest BCUT2D eigenvalue weighted by Gasteiger charge is 2.11. The lowest BCUT2D eigenvalue weighted by Gasteiger charge is -2.10. The third kappa shape index (κ3) is 4.11. The van der Waals surface area contributed by atoms with Crippen molar-refractivity contribution >= 4 is 11.8 Å². The highest BCUT2D eigenvalue weighted by Crippen LogP contribution is 2.13. The maximum Gasteiger partial charge on any atom is 0.244 e. The molecule has 0 saturated heterocycles. The highest BCUT2D eigenvalue weighted by molar-refractivity contribution is 5.84. The molecular formula is C14H18N6O2. The summed E-state index contributed by atoms with van der Waals surface area (Å²) in [7, 11) is 3.25. The first-order chi connectivity index (χ1) is 10.5. The van der Waals surface area contributed by atoms with Crippen LogP contribution in [0.3, 0.4) is 0 Å². The molecule has 0 bridgehead atoms. The number of carbonyl (C=O) groups excluding carboxylic acids is 2. The van der Waals surface area contributed by atoms with Gasteiger partial charge in [-0.2, -0.15) is 4.80 Å². The van der Waals surface area contributed by atoms with Crippen molar-refractivity contribution in [2.24, 2.45) is 0 Å². The van der Waals surface area contributed by atoms with Gasteiger partial charge < -0.3 is 10.2 Å². The van der Waals surface area contributed by atoms with E-state index < -0.39 is 0 Å². The number of hydrogen-bond donors (Lipinski definition) is 1. The standard InChI is InChI=1S/C14H18N6O2/c1-10-4-6-11(7-5-10)14-16-18-20(17-14)9-12(21)15-8-13(22)19(2)3/h4-7H,8-9H2,1-3H3,(H,15,21). The van der Waals surface area contributed by atoms with Gasteiger partial charge in [-0.1, -0.05) is 29.8 Å². The van der Waals surface area contributed by atoms with Gasteiger partial charge in [0.2, 0.25) is 17.6 Å². The van der Waals surface area contributed by atoms with Crippen molar-refractivity contribution in [1.82, 2.24) is 30.4 Å². The third-order valence-electron chi connectivity index (χ3n) is 2.98.